The number of carbonyl (C=O) groups excluding carboxylic acids is 2. The van der Waals surface area contributed by atoms with Gasteiger partial charge in [0.1, 0.15) is 18.4 Å². The number of hydrogen-bond donors (Lipinski definition) is 1. The molecule has 1 N–H and O–H groups in total. The van der Waals surface area contributed by atoms with E-state index in [9.17, 15) is 22.4 Å². The summed E-state index contributed by atoms with van der Waals surface area (Å²) in [6, 6.07) is 14.1. The van der Waals surface area contributed by atoms with Crippen LogP contribution in [0.5, 0.6) is 0 Å². The topological polar surface area (TPSA) is 86.8 Å². The summed E-state index contributed by atoms with van der Waals surface area (Å²) < 4.78 is 40.1. The zero-order valence-corrected chi connectivity index (χ0v) is 20.9. The fourth-order valence-electron chi connectivity index (χ4n) is 3.65. The second-order valence-electron chi connectivity index (χ2n) is 8.11. The number of carbonyl (C=O) groups is 2. The molecule has 0 unspecified atom stereocenters. The quantitative estimate of drug-likeness (QED) is 0.436. The highest BCUT2D eigenvalue weighted by atomic mass is 32.2. The third kappa shape index (κ3) is 7.83. The first-order valence-corrected chi connectivity index (χ1v) is 13.4. The molecule has 0 aliphatic rings. The number of amides is 2. The number of anilines is 1. The molecule has 0 saturated carbocycles. The SMILES string of the molecule is CCCCNC(=O)[C@@H](CC)N(CCc1ccccc1)C(=O)CN(c1ccccc1F)S(C)(=O)=O. The summed E-state index contributed by atoms with van der Waals surface area (Å²) in [6.45, 7) is 3.93. The molecule has 34 heavy (non-hydrogen) atoms. The van der Waals surface area contributed by atoms with Crippen LogP contribution < -0.4 is 9.62 Å². The highest BCUT2D eigenvalue weighted by molar-refractivity contribution is 7.92. The lowest BCUT2D eigenvalue weighted by molar-refractivity contribution is -0.139. The molecular formula is C25H34FN3O4S. The van der Waals surface area contributed by atoms with Gasteiger partial charge in [0.25, 0.3) is 0 Å². The summed E-state index contributed by atoms with van der Waals surface area (Å²) in [5.41, 5.74) is 0.775. The number of halogens is 1. The minimum Gasteiger partial charge on any atom is -0.354 e. The third-order valence-electron chi connectivity index (χ3n) is 5.50. The number of rotatable bonds is 13. The van der Waals surface area contributed by atoms with Gasteiger partial charge in [-0.1, -0.05) is 62.7 Å². The van der Waals surface area contributed by atoms with E-state index in [0.717, 1.165) is 35.0 Å². The Morgan fingerprint density at radius 1 is 1.03 bits per heavy atom. The van der Waals surface area contributed by atoms with E-state index < -0.39 is 34.3 Å². The van der Waals surface area contributed by atoms with E-state index in [1.807, 2.05) is 37.3 Å². The van der Waals surface area contributed by atoms with Crippen molar-refractivity contribution in [1.82, 2.24) is 10.2 Å². The maximum absolute atomic E-state index is 14.4. The van der Waals surface area contributed by atoms with E-state index in [4.69, 9.17) is 0 Å². The number of unbranched alkanes of at least 4 members (excludes halogenated alkanes) is 1. The summed E-state index contributed by atoms with van der Waals surface area (Å²) in [5.74, 6) is -1.60. The number of nitrogens with one attached hydrogen (secondary N) is 1. The fourth-order valence-corrected chi connectivity index (χ4v) is 4.50. The Hall–Kier alpha value is -2.94. The van der Waals surface area contributed by atoms with Crippen LogP contribution in [0.2, 0.25) is 0 Å². The second-order valence-corrected chi connectivity index (χ2v) is 10.0. The van der Waals surface area contributed by atoms with E-state index in [-0.39, 0.29) is 18.1 Å². The van der Waals surface area contributed by atoms with Crippen LogP contribution >= 0.6 is 0 Å². The number of sulfonamides is 1. The molecule has 0 saturated heterocycles. The summed E-state index contributed by atoms with van der Waals surface area (Å²) in [4.78, 5) is 27.8. The molecule has 1 atom stereocenters. The number of para-hydroxylation sites is 1. The number of nitrogens with zero attached hydrogens (tertiary/aromatic N) is 2. The van der Waals surface area contributed by atoms with Crippen LogP contribution in [-0.2, 0) is 26.0 Å². The smallest absolute Gasteiger partial charge is 0.244 e. The van der Waals surface area contributed by atoms with Crippen molar-refractivity contribution in [1.29, 1.82) is 0 Å². The molecular weight excluding hydrogens is 457 g/mol. The summed E-state index contributed by atoms with van der Waals surface area (Å²) >= 11 is 0. The largest absolute Gasteiger partial charge is 0.354 e. The van der Waals surface area contributed by atoms with Crippen LogP contribution in [0, 0.1) is 5.82 Å². The first kappa shape index (κ1) is 27.3. The molecule has 2 rings (SSSR count). The fraction of sp³-hybridized carbons (Fsp3) is 0.440. The van der Waals surface area contributed by atoms with E-state index in [1.54, 1.807) is 6.92 Å². The minimum atomic E-state index is -3.96. The van der Waals surface area contributed by atoms with Gasteiger partial charge in [0.05, 0.1) is 11.9 Å². The van der Waals surface area contributed by atoms with E-state index in [1.165, 1.54) is 23.1 Å². The van der Waals surface area contributed by atoms with Crippen LogP contribution in [-0.4, -0.2) is 57.1 Å². The van der Waals surface area contributed by atoms with Crippen LogP contribution in [0.25, 0.3) is 0 Å². The van der Waals surface area contributed by atoms with Gasteiger partial charge in [-0.05, 0) is 37.0 Å². The van der Waals surface area contributed by atoms with Crippen LogP contribution in [0.3, 0.4) is 0 Å². The van der Waals surface area contributed by atoms with Crippen molar-refractivity contribution in [2.24, 2.45) is 0 Å². The van der Waals surface area contributed by atoms with Crippen molar-refractivity contribution >= 4 is 27.5 Å². The maximum atomic E-state index is 14.4. The van der Waals surface area contributed by atoms with Crippen molar-refractivity contribution < 1.29 is 22.4 Å². The molecule has 0 fully saturated rings. The minimum absolute atomic E-state index is 0.207. The van der Waals surface area contributed by atoms with Crippen molar-refractivity contribution in [3.63, 3.8) is 0 Å². The predicted molar refractivity (Wildman–Crippen MR) is 132 cm³/mol. The Labute approximate surface area is 202 Å². The van der Waals surface area contributed by atoms with Gasteiger partial charge in [0.15, 0.2) is 0 Å². The maximum Gasteiger partial charge on any atom is 0.244 e. The lowest BCUT2D eigenvalue weighted by atomic mass is 10.1. The molecule has 0 heterocycles. The summed E-state index contributed by atoms with van der Waals surface area (Å²) in [5, 5.41) is 2.87. The lowest BCUT2D eigenvalue weighted by Crippen LogP contribution is -2.53. The molecule has 0 aliphatic carbocycles. The van der Waals surface area contributed by atoms with Gasteiger partial charge in [-0.25, -0.2) is 12.8 Å². The lowest BCUT2D eigenvalue weighted by Gasteiger charge is -2.33. The van der Waals surface area contributed by atoms with Gasteiger partial charge in [0.2, 0.25) is 21.8 Å². The van der Waals surface area contributed by atoms with Crippen LogP contribution in [0.1, 0.15) is 38.7 Å². The Bertz CT molecular complexity index is 1050. The third-order valence-corrected chi connectivity index (χ3v) is 6.63. The molecule has 2 aromatic rings. The Kier molecular flexibility index (Phi) is 10.5. The molecule has 0 aromatic heterocycles. The van der Waals surface area contributed by atoms with Crippen molar-refractivity contribution in [2.75, 3.05) is 30.2 Å². The van der Waals surface area contributed by atoms with Gasteiger partial charge in [0, 0.05) is 13.1 Å². The monoisotopic (exact) mass is 491 g/mol. The normalized spacial score (nSPS) is 12.1. The Morgan fingerprint density at radius 3 is 2.26 bits per heavy atom. The summed E-state index contributed by atoms with van der Waals surface area (Å²) in [7, 11) is -3.96. The van der Waals surface area contributed by atoms with Crippen LogP contribution in [0.15, 0.2) is 54.6 Å². The van der Waals surface area contributed by atoms with E-state index in [2.05, 4.69) is 5.32 Å². The Balaban J connectivity index is 2.33. The summed E-state index contributed by atoms with van der Waals surface area (Å²) in [6.07, 6.45) is 3.51. The average Bonchev–Trinajstić information content (AvgIpc) is 2.80. The average molecular weight is 492 g/mol. The number of hydrogen-bond acceptors (Lipinski definition) is 4. The highest BCUT2D eigenvalue weighted by Crippen LogP contribution is 2.22. The Morgan fingerprint density at radius 2 is 1.68 bits per heavy atom. The first-order valence-electron chi connectivity index (χ1n) is 11.5. The molecule has 9 heteroatoms. The molecule has 7 nitrogen and oxygen atoms in total. The van der Waals surface area contributed by atoms with E-state index >= 15 is 0 Å². The molecule has 0 radical (unpaired) electrons. The standard InChI is InChI=1S/C25H34FN3O4S/c1-4-6-17-27-25(31)22(5-2)28(18-16-20-12-8-7-9-13-20)24(30)19-29(34(3,32)33)23-15-11-10-14-21(23)26/h7-15,22H,4-6,16-19H2,1-3H3,(H,27,31)/t22-/m1/s1. The van der Waals surface area contributed by atoms with Crippen LogP contribution in [0.4, 0.5) is 10.1 Å². The predicted octanol–water partition coefficient (Wildman–Crippen LogP) is 3.36. The first-order chi connectivity index (χ1) is 16.2. The van der Waals surface area contributed by atoms with Gasteiger partial charge in [-0.3, -0.25) is 13.9 Å². The zero-order valence-electron chi connectivity index (χ0n) is 20.0. The second kappa shape index (κ2) is 13.1. The molecule has 2 aromatic carbocycles. The van der Waals surface area contributed by atoms with Crippen molar-refractivity contribution in [3.8, 4) is 0 Å². The van der Waals surface area contributed by atoms with Gasteiger partial charge in [-0.2, -0.15) is 0 Å². The molecule has 0 spiro atoms. The van der Waals surface area contributed by atoms with E-state index in [0.29, 0.717) is 19.4 Å². The molecule has 0 bridgehead atoms. The van der Waals surface area contributed by atoms with Gasteiger partial charge in [-0.15, -0.1) is 0 Å². The molecule has 0 aliphatic heterocycles. The van der Waals surface area contributed by atoms with Gasteiger partial charge < -0.3 is 10.2 Å². The molecule has 2 amide bonds. The van der Waals surface area contributed by atoms with Gasteiger partial charge >= 0.3 is 0 Å². The number of benzene rings is 2. The highest BCUT2D eigenvalue weighted by Gasteiger charge is 2.32. The van der Waals surface area contributed by atoms with Crippen molar-refractivity contribution in [2.45, 2.75) is 45.6 Å². The van der Waals surface area contributed by atoms with Crippen molar-refractivity contribution in [3.05, 3.63) is 66.0 Å². The zero-order chi connectivity index (χ0) is 25.1. The molecule has 186 valence electrons.